The van der Waals surface area contributed by atoms with Crippen molar-refractivity contribution in [2.45, 2.75) is 78.8 Å². The van der Waals surface area contributed by atoms with Crippen molar-refractivity contribution >= 4 is 17.5 Å². The van der Waals surface area contributed by atoms with Crippen LogP contribution in [0.3, 0.4) is 0 Å². The van der Waals surface area contributed by atoms with E-state index in [1.807, 2.05) is 48.2 Å². The van der Waals surface area contributed by atoms with Crippen LogP contribution in [-0.4, -0.2) is 22.3 Å². The summed E-state index contributed by atoms with van der Waals surface area (Å²) >= 11 is 0. The van der Waals surface area contributed by atoms with Crippen molar-refractivity contribution < 1.29 is 14.0 Å². The maximum absolute atomic E-state index is 14.2. The molecule has 34 heavy (non-hydrogen) atoms. The lowest BCUT2D eigenvalue weighted by atomic mass is 9.78. The molecule has 1 heterocycles. The van der Waals surface area contributed by atoms with Gasteiger partial charge in [0, 0.05) is 5.69 Å². The predicted octanol–water partition coefficient (Wildman–Crippen LogP) is 6.50. The number of amides is 2. The number of anilines is 1. The smallest absolute Gasteiger partial charge is 0.250 e. The van der Waals surface area contributed by atoms with E-state index >= 15 is 0 Å². The second-order valence-electron chi connectivity index (χ2n) is 10.9. The summed E-state index contributed by atoms with van der Waals surface area (Å²) in [7, 11) is 0. The van der Waals surface area contributed by atoms with Crippen LogP contribution >= 0.6 is 0 Å². The average Bonchev–Trinajstić information content (AvgIpc) is 3.13. The highest BCUT2D eigenvalue weighted by atomic mass is 16.3. The van der Waals surface area contributed by atoms with Crippen molar-refractivity contribution in [1.29, 1.82) is 0 Å². The first-order valence-electron chi connectivity index (χ1n) is 12.5. The number of rotatable bonds is 7. The van der Waals surface area contributed by atoms with Crippen molar-refractivity contribution in [2.24, 2.45) is 17.3 Å². The Morgan fingerprint density at radius 3 is 2.41 bits per heavy atom. The minimum Gasteiger partial charge on any atom is -0.467 e. The summed E-state index contributed by atoms with van der Waals surface area (Å²) in [6.07, 6.45) is 8.11. The first kappa shape index (κ1) is 24.3. The van der Waals surface area contributed by atoms with E-state index in [1.165, 1.54) is 5.57 Å². The summed E-state index contributed by atoms with van der Waals surface area (Å²) < 4.78 is 5.67. The van der Waals surface area contributed by atoms with E-state index in [4.69, 9.17) is 4.42 Å². The largest absolute Gasteiger partial charge is 0.467 e. The van der Waals surface area contributed by atoms with Gasteiger partial charge in [-0.2, -0.15) is 0 Å². The van der Waals surface area contributed by atoms with Crippen LogP contribution < -0.4 is 5.32 Å². The molecule has 0 aliphatic heterocycles. The van der Waals surface area contributed by atoms with Gasteiger partial charge in [-0.15, -0.1) is 0 Å². The van der Waals surface area contributed by atoms with E-state index in [0.29, 0.717) is 25.1 Å². The number of hydrogen-bond donors (Lipinski definition) is 1. The molecule has 2 fully saturated rings. The lowest BCUT2D eigenvalue weighted by Gasteiger charge is -2.45. The molecule has 0 unspecified atom stereocenters. The van der Waals surface area contributed by atoms with E-state index in [-0.39, 0.29) is 29.1 Å². The van der Waals surface area contributed by atoms with E-state index in [9.17, 15) is 9.59 Å². The van der Waals surface area contributed by atoms with E-state index in [0.717, 1.165) is 30.5 Å². The number of aryl methyl sites for hydroxylation is 1. The van der Waals surface area contributed by atoms with E-state index < -0.39 is 5.54 Å². The number of carbonyl (C=O) groups is 2. The third-order valence-electron chi connectivity index (χ3n) is 7.86. The lowest BCUT2D eigenvalue weighted by Crippen LogP contribution is -2.60. The van der Waals surface area contributed by atoms with Crippen LogP contribution in [0.1, 0.15) is 71.1 Å². The van der Waals surface area contributed by atoms with Gasteiger partial charge in [-0.3, -0.25) is 9.59 Å². The quantitative estimate of drug-likeness (QED) is 0.478. The minimum absolute atomic E-state index is 0.0609. The third-order valence-corrected chi connectivity index (χ3v) is 7.86. The topological polar surface area (TPSA) is 62.6 Å². The number of nitrogens with zero attached hydrogens (tertiary/aromatic N) is 1. The standard InChI is InChI=1S/C29H38N2O3/c1-20(2)18-23-25(28(23,4)5)26(32)31(19-22-13-11-17-34-22)29(15-9-6-10-16-29)27(33)30-24-14-8-7-12-21(24)3/h7-8,11-14,17-18,23,25H,6,9-10,15-16,19H2,1-5H3,(H,30,33)/t23-,25+/m0/s1. The van der Waals surface area contributed by atoms with Gasteiger partial charge in [0.05, 0.1) is 18.7 Å². The molecule has 1 N–H and O–H groups in total. The Kier molecular flexibility index (Phi) is 6.75. The summed E-state index contributed by atoms with van der Waals surface area (Å²) in [4.78, 5) is 30.1. The van der Waals surface area contributed by atoms with E-state index in [2.05, 4.69) is 39.1 Å². The number of furan rings is 1. The summed E-state index contributed by atoms with van der Waals surface area (Å²) in [5.74, 6) is 0.732. The van der Waals surface area contributed by atoms with Crippen molar-refractivity contribution in [1.82, 2.24) is 4.90 Å². The second kappa shape index (κ2) is 9.44. The van der Waals surface area contributed by atoms with Crippen molar-refractivity contribution in [3.8, 4) is 0 Å². The van der Waals surface area contributed by atoms with Gasteiger partial charge in [0.1, 0.15) is 11.3 Å². The van der Waals surface area contributed by atoms with Crippen LogP contribution in [0.2, 0.25) is 0 Å². The highest BCUT2D eigenvalue weighted by Crippen LogP contribution is 2.60. The van der Waals surface area contributed by atoms with Gasteiger partial charge in [-0.05, 0) is 68.7 Å². The molecule has 2 aromatic rings. The second-order valence-corrected chi connectivity index (χ2v) is 10.9. The molecule has 2 amide bonds. The Hall–Kier alpha value is -2.82. The first-order chi connectivity index (χ1) is 16.2. The molecule has 4 rings (SSSR count). The van der Waals surface area contributed by atoms with Gasteiger partial charge in [-0.1, -0.05) is 63.0 Å². The number of nitrogens with one attached hydrogen (secondary N) is 1. The third kappa shape index (κ3) is 4.57. The molecule has 0 radical (unpaired) electrons. The van der Waals surface area contributed by atoms with Gasteiger partial charge < -0.3 is 14.6 Å². The number of benzene rings is 1. The zero-order valence-electron chi connectivity index (χ0n) is 21.2. The average molecular weight is 463 g/mol. The molecule has 2 aliphatic carbocycles. The fraction of sp³-hybridized carbons (Fsp3) is 0.517. The Morgan fingerprint density at radius 2 is 1.79 bits per heavy atom. The Morgan fingerprint density at radius 1 is 1.09 bits per heavy atom. The first-order valence-corrected chi connectivity index (χ1v) is 12.5. The monoisotopic (exact) mass is 462 g/mol. The molecule has 5 nitrogen and oxygen atoms in total. The van der Waals surface area contributed by atoms with Gasteiger partial charge in [0.25, 0.3) is 0 Å². The molecule has 2 saturated carbocycles. The molecule has 0 saturated heterocycles. The SMILES string of the molecule is CC(C)=C[C@H]1[C@H](C(=O)N(Cc2ccco2)C2(C(=O)Nc3ccccc3C)CCCCC2)C1(C)C. The summed E-state index contributed by atoms with van der Waals surface area (Å²) in [6, 6.07) is 11.5. The van der Waals surface area contributed by atoms with Crippen LogP contribution in [0.4, 0.5) is 5.69 Å². The molecule has 0 bridgehead atoms. The van der Waals surface area contributed by atoms with Crippen molar-refractivity contribution in [2.75, 3.05) is 5.32 Å². The van der Waals surface area contributed by atoms with Crippen LogP contribution in [0, 0.1) is 24.2 Å². The molecule has 0 spiro atoms. The zero-order chi connectivity index (χ0) is 24.5. The highest BCUT2D eigenvalue weighted by molar-refractivity contribution is 6.01. The Labute approximate surface area is 203 Å². The van der Waals surface area contributed by atoms with Crippen LogP contribution in [0.25, 0.3) is 0 Å². The Balaban J connectivity index is 1.72. The maximum Gasteiger partial charge on any atom is 0.250 e. The molecular weight excluding hydrogens is 424 g/mol. The van der Waals surface area contributed by atoms with Crippen LogP contribution in [-0.2, 0) is 16.1 Å². The molecule has 1 aromatic carbocycles. The summed E-state index contributed by atoms with van der Waals surface area (Å²) in [5.41, 5.74) is 2.02. The predicted molar refractivity (Wildman–Crippen MR) is 135 cm³/mol. The highest BCUT2D eigenvalue weighted by Gasteiger charge is 2.63. The van der Waals surface area contributed by atoms with Gasteiger partial charge >= 0.3 is 0 Å². The molecule has 5 heteroatoms. The molecular formula is C29H38N2O3. The van der Waals surface area contributed by atoms with Gasteiger partial charge in [0.2, 0.25) is 11.8 Å². The lowest BCUT2D eigenvalue weighted by molar-refractivity contribution is -0.151. The number of carbonyl (C=O) groups excluding carboxylic acids is 2. The normalized spacial score (nSPS) is 22.5. The van der Waals surface area contributed by atoms with Crippen molar-refractivity contribution in [3.63, 3.8) is 0 Å². The van der Waals surface area contributed by atoms with Crippen LogP contribution in [0.15, 0.2) is 58.7 Å². The Bertz CT molecular complexity index is 1060. The zero-order valence-corrected chi connectivity index (χ0v) is 21.2. The van der Waals surface area contributed by atoms with Crippen LogP contribution in [0.5, 0.6) is 0 Å². The fourth-order valence-corrected chi connectivity index (χ4v) is 5.69. The molecule has 2 atom stereocenters. The number of hydrogen-bond acceptors (Lipinski definition) is 3. The maximum atomic E-state index is 14.2. The number of allylic oxidation sites excluding steroid dienone is 2. The summed E-state index contributed by atoms with van der Waals surface area (Å²) in [5, 5.41) is 3.18. The van der Waals surface area contributed by atoms with Gasteiger partial charge in [-0.25, -0.2) is 0 Å². The van der Waals surface area contributed by atoms with Crippen molar-refractivity contribution in [3.05, 3.63) is 65.6 Å². The molecule has 2 aliphatic rings. The minimum atomic E-state index is -0.890. The van der Waals surface area contributed by atoms with Gasteiger partial charge in [0.15, 0.2) is 0 Å². The van der Waals surface area contributed by atoms with E-state index in [1.54, 1.807) is 6.26 Å². The summed E-state index contributed by atoms with van der Waals surface area (Å²) in [6.45, 7) is 10.8. The molecule has 182 valence electrons. The number of para-hydroxylation sites is 1. The fourth-order valence-electron chi connectivity index (χ4n) is 5.69. The molecule has 1 aromatic heterocycles.